The summed E-state index contributed by atoms with van der Waals surface area (Å²) in [6.07, 6.45) is 0.492. The number of imidazole rings is 1. The van der Waals surface area contributed by atoms with Gasteiger partial charge in [0.15, 0.2) is 5.69 Å². The van der Waals surface area contributed by atoms with Crippen LogP contribution in [0.25, 0.3) is 11.4 Å². The number of rotatable bonds is 4. The number of halogens is 1. The standard InChI is InChI=1S/C13H13FN2O3/c1-3-9-11(13(17)18)16-12(15-9)8-6-7(14)4-5-10(8)19-2/h4-6H,3H2,1-2H3,(H,15,16)(H,17,18). The van der Waals surface area contributed by atoms with Gasteiger partial charge in [-0.1, -0.05) is 6.92 Å². The smallest absolute Gasteiger partial charge is 0.356 e. The number of aromatic amines is 1. The zero-order chi connectivity index (χ0) is 14.0. The first-order valence-electron chi connectivity index (χ1n) is 5.72. The highest BCUT2D eigenvalue weighted by Gasteiger charge is 2.18. The maximum atomic E-state index is 13.3. The van der Waals surface area contributed by atoms with Crippen LogP contribution in [0, 0.1) is 5.82 Å². The van der Waals surface area contributed by atoms with E-state index in [4.69, 9.17) is 9.84 Å². The van der Waals surface area contributed by atoms with Crippen molar-refractivity contribution in [2.75, 3.05) is 7.11 Å². The number of H-pyrrole nitrogens is 1. The second-order valence-electron chi connectivity index (χ2n) is 3.92. The van der Waals surface area contributed by atoms with Crippen LogP contribution in [0.3, 0.4) is 0 Å². The van der Waals surface area contributed by atoms with Crippen molar-refractivity contribution >= 4 is 5.97 Å². The van der Waals surface area contributed by atoms with E-state index >= 15 is 0 Å². The summed E-state index contributed by atoms with van der Waals surface area (Å²) in [6, 6.07) is 3.99. The lowest BCUT2D eigenvalue weighted by atomic mass is 10.2. The third kappa shape index (κ3) is 2.42. The zero-order valence-corrected chi connectivity index (χ0v) is 10.5. The van der Waals surface area contributed by atoms with Gasteiger partial charge in [-0.3, -0.25) is 0 Å². The maximum absolute atomic E-state index is 13.3. The van der Waals surface area contributed by atoms with E-state index in [9.17, 15) is 9.18 Å². The van der Waals surface area contributed by atoms with Gasteiger partial charge in [-0.2, -0.15) is 0 Å². The molecule has 2 aromatic rings. The summed E-state index contributed by atoms with van der Waals surface area (Å²) in [6.45, 7) is 1.81. The molecule has 1 heterocycles. The second kappa shape index (κ2) is 5.09. The maximum Gasteiger partial charge on any atom is 0.356 e. The van der Waals surface area contributed by atoms with E-state index in [0.29, 0.717) is 23.4 Å². The minimum absolute atomic E-state index is 0.0520. The molecule has 0 saturated heterocycles. The lowest BCUT2D eigenvalue weighted by Gasteiger charge is -2.05. The minimum atomic E-state index is -1.12. The quantitative estimate of drug-likeness (QED) is 0.889. The second-order valence-corrected chi connectivity index (χ2v) is 3.92. The normalized spacial score (nSPS) is 10.5. The molecule has 5 nitrogen and oxygen atoms in total. The van der Waals surface area contributed by atoms with E-state index in [2.05, 4.69) is 9.97 Å². The number of benzene rings is 1. The molecule has 1 aromatic carbocycles. The van der Waals surface area contributed by atoms with Crippen LogP contribution in [0.15, 0.2) is 18.2 Å². The molecule has 2 rings (SSSR count). The van der Waals surface area contributed by atoms with E-state index < -0.39 is 11.8 Å². The number of ether oxygens (including phenoxy) is 1. The first kappa shape index (κ1) is 13.1. The number of hydrogen-bond donors (Lipinski definition) is 2. The van der Waals surface area contributed by atoms with Gasteiger partial charge in [0, 0.05) is 5.69 Å². The molecule has 0 unspecified atom stereocenters. The molecule has 0 bridgehead atoms. The third-order valence-corrected chi connectivity index (χ3v) is 2.75. The molecular weight excluding hydrogens is 251 g/mol. The molecule has 0 aliphatic carbocycles. The summed E-state index contributed by atoms with van der Waals surface area (Å²) in [5, 5.41) is 9.05. The van der Waals surface area contributed by atoms with Gasteiger partial charge in [0.2, 0.25) is 0 Å². The van der Waals surface area contributed by atoms with Crippen molar-refractivity contribution in [1.82, 2.24) is 9.97 Å². The van der Waals surface area contributed by atoms with Crippen LogP contribution in [-0.2, 0) is 6.42 Å². The van der Waals surface area contributed by atoms with Gasteiger partial charge in [-0.05, 0) is 24.6 Å². The summed E-state index contributed by atoms with van der Waals surface area (Å²) in [5.74, 6) is -0.850. The predicted molar refractivity (Wildman–Crippen MR) is 66.9 cm³/mol. The number of carboxylic acid groups (broad SMARTS) is 1. The third-order valence-electron chi connectivity index (χ3n) is 2.75. The fraction of sp³-hybridized carbons (Fsp3) is 0.231. The van der Waals surface area contributed by atoms with E-state index in [0.717, 1.165) is 0 Å². The largest absolute Gasteiger partial charge is 0.496 e. The number of nitrogens with zero attached hydrogens (tertiary/aromatic N) is 1. The predicted octanol–water partition coefficient (Wildman–Crippen LogP) is 2.48. The SMILES string of the molecule is CCc1[nH]c(-c2cc(F)ccc2OC)nc1C(=O)O. The molecule has 100 valence electrons. The molecule has 0 atom stereocenters. The number of nitrogens with one attached hydrogen (secondary N) is 1. The number of methoxy groups -OCH3 is 1. The van der Waals surface area contributed by atoms with Gasteiger partial charge < -0.3 is 14.8 Å². The Labute approximate surface area is 109 Å². The Morgan fingerprint density at radius 3 is 2.79 bits per heavy atom. The lowest BCUT2D eigenvalue weighted by molar-refractivity contribution is 0.0690. The van der Waals surface area contributed by atoms with Gasteiger partial charge in [-0.15, -0.1) is 0 Å². The van der Waals surface area contributed by atoms with Crippen molar-refractivity contribution in [3.8, 4) is 17.1 Å². The van der Waals surface area contributed by atoms with Gasteiger partial charge in [0.25, 0.3) is 0 Å². The summed E-state index contributed by atoms with van der Waals surface area (Å²) < 4.78 is 18.4. The molecule has 0 aliphatic rings. The first-order valence-corrected chi connectivity index (χ1v) is 5.72. The number of carbonyl (C=O) groups is 1. The zero-order valence-electron chi connectivity index (χ0n) is 10.5. The highest BCUT2D eigenvalue weighted by Crippen LogP contribution is 2.29. The molecule has 0 radical (unpaired) electrons. The van der Waals surface area contributed by atoms with E-state index in [1.54, 1.807) is 0 Å². The van der Waals surface area contributed by atoms with Crippen molar-refractivity contribution in [2.45, 2.75) is 13.3 Å². The molecule has 0 spiro atoms. The van der Waals surface area contributed by atoms with Gasteiger partial charge in [0.1, 0.15) is 17.4 Å². The fourth-order valence-corrected chi connectivity index (χ4v) is 1.83. The summed E-state index contributed by atoms with van der Waals surface area (Å²) in [4.78, 5) is 18.0. The van der Waals surface area contributed by atoms with Crippen LogP contribution < -0.4 is 4.74 Å². The van der Waals surface area contributed by atoms with E-state index in [1.165, 1.54) is 25.3 Å². The molecule has 0 amide bonds. The van der Waals surface area contributed by atoms with Crippen molar-refractivity contribution < 1.29 is 19.0 Å². The Kier molecular flexibility index (Phi) is 3.50. The van der Waals surface area contributed by atoms with Crippen LogP contribution in [0.2, 0.25) is 0 Å². The van der Waals surface area contributed by atoms with Crippen LogP contribution in [0.1, 0.15) is 23.1 Å². The Hall–Kier alpha value is -2.37. The molecule has 0 fully saturated rings. The highest BCUT2D eigenvalue weighted by molar-refractivity contribution is 5.88. The highest BCUT2D eigenvalue weighted by atomic mass is 19.1. The molecule has 19 heavy (non-hydrogen) atoms. The molecule has 0 aliphatic heterocycles. The molecule has 6 heteroatoms. The van der Waals surface area contributed by atoms with Crippen LogP contribution in [-0.4, -0.2) is 28.2 Å². The van der Waals surface area contributed by atoms with E-state index in [-0.39, 0.29) is 11.5 Å². The monoisotopic (exact) mass is 264 g/mol. The van der Waals surface area contributed by atoms with Crippen molar-refractivity contribution in [3.63, 3.8) is 0 Å². The van der Waals surface area contributed by atoms with Gasteiger partial charge in [0.05, 0.1) is 12.7 Å². The summed E-state index contributed by atoms with van der Waals surface area (Å²) in [7, 11) is 1.46. The summed E-state index contributed by atoms with van der Waals surface area (Å²) >= 11 is 0. The van der Waals surface area contributed by atoms with Gasteiger partial charge in [-0.25, -0.2) is 14.2 Å². The average Bonchev–Trinajstić information content (AvgIpc) is 2.82. The molecular formula is C13H13FN2O3. The van der Waals surface area contributed by atoms with Crippen molar-refractivity contribution in [1.29, 1.82) is 0 Å². The minimum Gasteiger partial charge on any atom is -0.496 e. The van der Waals surface area contributed by atoms with Crippen molar-refractivity contribution in [2.24, 2.45) is 0 Å². The van der Waals surface area contributed by atoms with Crippen LogP contribution >= 0.6 is 0 Å². The van der Waals surface area contributed by atoms with Gasteiger partial charge >= 0.3 is 5.97 Å². The van der Waals surface area contributed by atoms with Crippen LogP contribution in [0.4, 0.5) is 4.39 Å². The number of hydrogen-bond acceptors (Lipinski definition) is 3. The number of aryl methyl sites for hydroxylation is 1. The number of carboxylic acids is 1. The number of aromatic carboxylic acids is 1. The Bertz CT molecular complexity index is 622. The average molecular weight is 264 g/mol. The Morgan fingerprint density at radius 1 is 1.53 bits per heavy atom. The molecule has 2 N–H and O–H groups in total. The first-order chi connectivity index (χ1) is 9.06. The lowest BCUT2D eigenvalue weighted by Crippen LogP contribution is -2.00. The Balaban J connectivity index is 2.59. The van der Waals surface area contributed by atoms with Crippen LogP contribution in [0.5, 0.6) is 5.75 Å². The van der Waals surface area contributed by atoms with Crippen molar-refractivity contribution in [3.05, 3.63) is 35.4 Å². The fourth-order valence-electron chi connectivity index (χ4n) is 1.83. The number of aromatic nitrogens is 2. The van der Waals surface area contributed by atoms with E-state index in [1.807, 2.05) is 6.92 Å². The Morgan fingerprint density at radius 2 is 2.26 bits per heavy atom. The molecule has 1 aromatic heterocycles. The molecule has 0 saturated carbocycles. The topological polar surface area (TPSA) is 75.2 Å². The summed E-state index contributed by atoms with van der Waals surface area (Å²) in [5.41, 5.74) is 0.835.